The fourth-order valence-corrected chi connectivity index (χ4v) is 2.14. The van der Waals surface area contributed by atoms with Crippen molar-refractivity contribution in [2.75, 3.05) is 33.5 Å². The van der Waals surface area contributed by atoms with E-state index < -0.39 is 0 Å². The third-order valence-electron chi connectivity index (χ3n) is 3.39. The summed E-state index contributed by atoms with van der Waals surface area (Å²) in [5.74, 6) is 0. The van der Waals surface area contributed by atoms with Crippen LogP contribution in [0.5, 0.6) is 0 Å². The van der Waals surface area contributed by atoms with E-state index in [1.54, 1.807) is 7.11 Å². The van der Waals surface area contributed by atoms with Gasteiger partial charge in [0.15, 0.2) is 0 Å². The fraction of sp³-hybridized carbons (Fsp3) is 0.647. The molecular weight excluding hydrogens is 266 g/mol. The van der Waals surface area contributed by atoms with Gasteiger partial charge in [0.1, 0.15) is 0 Å². The summed E-state index contributed by atoms with van der Waals surface area (Å²) < 4.78 is 16.4. The predicted octanol–water partition coefficient (Wildman–Crippen LogP) is 2.84. The van der Waals surface area contributed by atoms with Crippen molar-refractivity contribution in [3.8, 4) is 0 Å². The molecule has 1 aromatic carbocycles. The second-order valence-electron chi connectivity index (χ2n) is 5.24. The zero-order valence-electron chi connectivity index (χ0n) is 13.5. The molecule has 0 fully saturated rings. The Kier molecular flexibility index (Phi) is 9.26. The molecule has 0 saturated carbocycles. The number of benzene rings is 1. The van der Waals surface area contributed by atoms with Crippen molar-refractivity contribution >= 4 is 0 Å². The summed E-state index contributed by atoms with van der Waals surface area (Å²) in [4.78, 5) is 0. The van der Waals surface area contributed by atoms with Crippen LogP contribution >= 0.6 is 0 Å². The zero-order chi connectivity index (χ0) is 15.5. The lowest BCUT2D eigenvalue weighted by Crippen LogP contribution is -2.30. The van der Waals surface area contributed by atoms with Crippen molar-refractivity contribution in [2.45, 2.75) is 38.8 Å². The summed E-state index contributed by atoms with van der Waals surface area (Å²) in [5.41, 5.74) is 8.59. The molecule has 0 aliphatic rings. The molecule has 0 bridgehead atoms. The van der Waals surface area contributed by atoms with Crippen LogP contribution in [0.3, 0.4) is 0 Å². The second kappa shape index (κ2) is 10.7. The van der Waals surface area contributed by atoms with Gasteiger partial charge in [-0.25, -0.2) is 0 Å². The topological polar surface area (TPSA) is 53.7 Å². The molecule has 0 amide bonds. The highest BCUT2D eigenvalue weighted by Gasteiger charge is 2.19. The van der Waals surface area contributed by atoms with Gasteiger partial charge in [-0.1, -0.05) is 36.8 Å². The van der Waals surface area contributed by atoms with Gasteiger partial charge in [0.2, 0.25) is 0 Å². The van der Waals surface area contributed by atoms with E-state index in [0.29, 0.717) is 26.4 Å². The molecular formula is C17H29NO3. The van der Waals surface area contributed by atoms with Crippen LogP contribution in [0, 0.1) is 6.92 Å². The Balaban J connectivity index is 2.41. The maximum Gasteiger partial charge on any atom is 0.0975 e. The summed E-state index contributed by atoms with van der Waals surface area (Å²) in [7, 11) is 1.67. The van der Waals surface area contributed by atoms with Gasteiger partial charge in [0.25, 0.3) is 0 Å². The molecule has 21 heavy (non-hydrogen) atoms. The Bertz CT molecular complexity index is 384. The molecule has 4 nitrogen and oxygen atoms in total. The number of hydrogen-bond acceptors (Lipinski definition) is 4. The Morgan fingerprint density at radius 1 is 1.14 bits per heavy atom. The average Bonchev–Trinajstić information content (AvgIpc) is 2.49. The van der Waals surface area contributed by atoms with Crippen LogP contribution in [0.2, 0.25) is 0 Å². The van der Waals surface area contributed by atoms with Gasteiger partial charge in [0.05, 0.1) is 19.3 Å². The third kappa shape index (κ3) is 7.05. The Labute approximate surface area is 128 Å². The van der Waals surface area contributed by atoms with Crippen LogP contribution < -0.4 is 5.73 Å². The minimum atomic E-state index is -0.0473. The molecule has 4 heteroatoms. The van der Waals surface area contributed by atoms with Crippen LogP contribution in [0.25, 0.3) is 0 Å². The van der Waals surface area contributed by atoms with E-state index in [9.17, 15) is 0 Å². The standard InChI is InChI=1S/C17H29NO3/c1-4-16(18)17(15-8-5-7-14(2)13-15)21-10-6-9-20-12-11-19-3/h5,7-8,13,16-17H,4,6,9-12,18H2,1-3H3. The van der Waals surface area contributed by atoms with Crippen LogP contribution in [-0.4, -0.2) is 39.6 Å². The van der Waals surface area contributed by atoms with Crippen molar-refractivity contribution in [1.29, 1.82) is 0 Å². The normalized spacial score (nSPS) is 14.1. The fourth-order valence-electron chi connectivity index (χ4n) is 2.14. The third-order valence-corrected chi connectivity index (χ3v) is 3.39. The number of ether oxygens (including phenoxy) is 3. The van der Waals surface area contributed by atoms with E-state index in [1.165, 1.54) is 5.56 Å². The molecule has 2 atom stereocenters. The van der Waals surface area contributed by atoms with Crippen LogP contribution in [0.4, 0.5) is 0 Å². The van der Waals surface area contributed by atoms with Crippen molar-refractivity contribution in [1.82, 2.24) is 0 Å². The van der Waals surface area contributed by atoms with Gasteiger partial charge in [-0.2, -0.15) is 0 Å². The maximum absolute atomic E-state index is 6.21. The summed E-state index contributed by atoms with van der Waals surface area (Å²) >= 11 is 0. The molecule has 120 valence electrons. The first kappa shape index (κ1) is 18.1. The minimum absolute atomic E-state index is 0.0150. The zero-order valence-corrected chi connectivity index (χ0v) is 13.5. The molecule has 0 spiro atoms. The van der Waals surface area contributed by atoms with Crippen molar-refractivity contribution in [2.24, 2.45) is 5.73 Å². The molecule has 0 radical (unpaired) electrons. The summed E-state index contributed by atoms with van der Waals surface area (Å²) in [6.07, 6.45) is 1.71. The minimum Gasteiger partial charge on any atom is -0.382 e. The highest BCUT2D eigenvalue weighted by molar-refractivity contribution is 5.25. The lowest BCUT2D eigenvalue weighted by molar-refractivity contribution is 0.0112. The van der Waals surface area contributed by atoms with E-state index in [4.69, 9.17) is 19.9 Å². The quantitative estimate of drug-likeness (QED) is 0.638. The van der Waals surface area contributed by atoms with Crippen molar-refractivity contribution in [3.05, 3.63) is 35.4 Å². The first-order chi connectivity index (χ1) is 10.2. The molecule has 2 unspecified atom stereocenters. The van der Waals surface area contributed by atoms with Crippen molar-refractivity contribution in [3.63, 3.8) is 0 Å². The van der Waals surface area contributed by atoms with E-state index >= 15 is 0 Å². The van der Waals surface area contributed by atoms with E-state index in [-0.39, 0.29) is 12.1 Å². The molecule has 1 rings (SSSR count). The number of aryl methyl sites for hydroxylation is 1. The lowest BCUT2D eigenvalue weighted by atomic mass is 9.99. The summed E-state index contributed by atoms with van der Waals surface area (Å²) in [6, 6.07) is 8.39. The largest absolute Gasteiger partial charge is 0.382 e. The van der Waals surface area contributed by atoms with E-state index in [2.05, 4.69) is 38.1 Å². The Morgan fingerprint density at radius 2 is 1.95 bits per heavy atom. The number of rotatable bonds is 11. The maximum atomic E-state index is 6.21. The first-order valence-corrected chi connectivity index (χ1v) is 7.69. The van der Waals surface area contributed by atoms with Gasteiger partial charge in [-0.05, 0) is 25.3 Å². The smallest absolute Gasteiger partial charge is 0.0975 e. The number of methoxy groups -OCH3 is 1. The molecule has 0 aliphatic heterocycles. The van der Waals surface area contributed by atoms with E-state index in [0.717, 1.165) is 18.4 Å². The molecule has 2 N–H and O–H groups in total. The van der Waals surface area contributed by atoms with Gasteiger partial charge in [0, 0.05) is 26.4 Å². The molecule has 0 aliphatic carbocycles. The summed E-state index contributed by atoms with van der Waals surface area (Å²) in [5, 5.41) is 0. The van der Waals surface area contributed by atoms with Gasteiger partial charge >= 0.3 is 0 Å². The first-order valence-electron chi connectivity index (χ1n) is 7.69. The van der Waals surface area contributed by atoms with Crippen LogP contribution in [0.15, 0.2) is 24.3 Å². The Morgan fingerprint density at radius 3 is 2.62 bits per heavy atom. The van der Waals surface area contributed by atoms with Gasteiger partial charge in [-0.15, -0.1) is 0 Å². The second-order valence-corrected chi connectivity index (χ2v) is 5.24. The van der Waals surface area contributed by atoms with Gasteiger partial charge < -0.3 is 19.9 Å². The highest BCUT2D eigenvalue weighted by atomic mass is 16.5. The summed E-state index contributed by atoms with van der Waals surface area (Å²) in [6.45, 7) is 6.77. The monoisotopic (exact) mass is 295 g/mol. The highest BCUT2D eigenvalue weighted by Crippen LogP contribution is 2.23. The Hall–Kier alpha value is -0.940. The predicted molar refractivity (Wildman–Crippen MR) is 85.5 cm³/mol. The SMILES string of the molecule is CCC(N)C(OCCCOCCOC)c1cccc(C)c1. The number of nitrogens with two attached hydrogens (primary N) is 1. The van der Waals surface area contributed by atoms with E-state index in [1.807, 2.05) is 0 Å². The lowest BCUT2D eigenvalue weighted by Gasteiger charge is -2.24. The molecule has 1 aromatic rings. The van der Waals surface area contributed by atoms with Crippen LogP contribution in [0.1, 0.15) is 37.0 Å². The molecule has 0 aromatic heterocycles. The molecule has 0 heterocycles. The van der Waals surface area contributed by atoms with Crippen LogP contribution in [-0.2, 0) is 14.2 Å². The number of hydrogen-bond donors (Lipinski definition) is 1. The van der Waals surface area contributed by atoms with Crippen molar-refractivity contribution < 1.29 is 14.2 Å². The van der Waals surface area contributed by atoms with Gasteiger partial charge in [-0.3, -0.25) is 0 Å². The molecule has 0 saturated heterocycles. The average molecular weight is 295 g/mol.